The molecular weight excluding hydrogens is 884 g/mol. The highest BCUT2D eigenvalue weighted by atomic mass is 19.4. The normalized spacial score (nSPS) is 27.3. The van der Waals surface area contributed by atoms with Crippen LogP contribution in [0.1, 0.15) is 122 Å². The van der Waals surface area contributed by atoms with Crippen LogP contribution in [0.25, 0.3) is 0 Å². The van der Waals surface area contributed by atoms with Gasteiger partial charge in [0.1, 0.15) is 29.6 Å². The molecule has 4 aliphatic carbocycles. The topological polar surface area (TPSA) is 123 Å². The lowest BCUT2D eigenvalue weighted by Gasteiger charge is -2.49. The fraction of sp³-hybridized carbons (Fsp3) is 0.608. The molecule has 12 nitrogen and oxygen atoms in total. The van der Waals surface area contributed by atoms with Gasteiger partial charge >= 0.3 is 6.18 Å². The number of benzene rings is 2. The summed E-state index contributed by atoms with van der Waals surface area (Å²) in [5, 5.41) is 5.53. The van der Waals surface area contributed by atoms with E-state index in [-0.39, 0.29) is 34.7 Å². The maximum Gasteiger partial charge on any atom is 0.396 e. The Morgan fingerprint density at radius 2 is 1.25 bits per heavy atom. The predicted octanol–water partition coefficient (Wildman–Crippen LogP) is 9.96. The third kappa shape index (κ3) is 7.86. The Balaban J connectivity index is 0.634. The molecule has 4 saturated carbocycles. The monoisotopic (exact) mass is 942 g/mol. The number of aromatic nitrogens is 2. The molecule has 68 heavy (non-hydrogen) atoms. The van der Waals surface area contributed by atoms with Gasteiger partial charge in [-0.3, -0.25) is 9.59 Å². The summed E-state index contributed by atoms with van der Waals surface area (Å²) in [4.78, 5) is 44.1. The van der Waals surface area contributed by atoms with E-state index in [1.807, 2.05) is 13.0 Å². The molecule has 2 saturated heterocycles. The van der Waals surface area contributed by atoms with Gasteiger partial charge in [0, 0.05) is 74.6 Å². The molecule has 0 radical (unpaired) electrons. The summed E-state index contributed by atoms with van der Waals surface area (Å²) in [6, 6.07) is 7.44. The third-order valence-corrected chi connectivity index (χ3v) is 17.3. The summed E-state index contributed by atoms with van der Waals surface area (Å²) >= 11 is 0. The maximum atomic E-state index is 15.9. The zero-order chi connectivity index (χ0) is 46.8. The lowest BCUT2D eigenvalue weighted by atomic mass is 9.73. The van der Waals surface area contributed by atoms with E-state index in [1.54, 1.807) is 11.0 Å². The summed E-state index contributed by atoms with van der Waals surface area (Å²) in [5.74, 6) is 1.46. The number of nitrogens with one attached hydrogen (secondary N) is 2. The summed E-state index contributed by atoms with van der Waals surface area (Å²) in [5.41, 5.74) is 3.53. The molecule has 6 fully saturated rings. The molecule has 17 heteroatoms. The first kappa shape index (κ1) is 43.9. The molecular formula is C51H59F5N8O4. The fourth-order valence-electron chi connectivity index (χ4n) is 13.5. The van der Waals surface area contributed by atoms with E-state index in [4.69, 9.17) is 13.8 Å². The van der Waals surface area contributed by atoms with Crippen LogP contribution in [0.5, 0.6) is 0 Å². The van der Waals surface area contributed by atoms with Crippen molar-refractivity contribution >= 4 is 46.6 Å². The number of carbonyl (C=O) groups excluding carboxylic acids is 2. The van der Waals surface area contributed by atoms with Crippen LogP contribution in [-0.4, -0.2) is 79.3 Å². The third-order valence-electron chi connectivity index (χ3n) is 17.3. The lowest BCUT2D eigenvalue weighted by molar-refractivity contribution is -0.130. The quantitative estimate of drug-likeness (QED) is 0.118. The van der Waals surface area contributed by atoms with Gasteiger partial charge in [-0.15, -0.1) is 0 Å². The minimum Gasteiger partial charge on any atom is -0.428 e. The number of halogens is 5. The molecule has 2 aromatic heterocycles. The summed E-state index contributed by atoms with van der Waals surface area (Å²) < 4.78 is 83.5. The van der Waals surface area contributed by atoms with Gasteiger partial charge in [-0.2, -0.15) is 23.1 Å². The molecule has 2 aromatic carbocycles. The van der Waals surface area contributed by atoms with E-state index in [9.17, 15) is 22.8 Å². The largest absolute Gasteiger partial charge is 0.428 e. The van der Waals surface area contributed by atoms with Gasteiger partial charge in [0.2, 0.25) is 0 Å². The molecule has 4 aromatic rings. The molecule has 2 amide bonds. The number of anilines is 6. The second kappa shape index (κ2) is 16.4. The van der Waals surface area contributed by atoms with Gasteiger partial charge in [-0.1, -0.05) is 13.8 Å². The van der Waals surface area contributed by atoms with Crippen LogP contribution >= 0.6 is 0 Å². The minimum absolute atomic E-state index is 0.00166. The van der Waals surface area contributed by atoms with Crippen LogP contribution in [0.4, 0.5) is 56.7 Å². The number of amides is 2. The molecule has 362 valence electrons. The molecule has 4 aliphatic heterocycles. The molecule has 12 rings (SSSR count). The Hall–Kier alpha value is -5.35. The van der Waals surface area contributed by atoms with Crippen molar-refractivity contribution in [3.05, 3.63) is 69.9 Å². The number of aryl methyl sites for hydroxylation is 1. The number of rotatable bonds is 14. The number of hydrogen-bond donors (Lipinski definition) is 2. The number of hydrogen-bond acceptors (Lipinski definition) is 10. The van der Waals surface area contributed by atoms with Gasteiger partial charge in [0.05, 0.1) is 11.4 Å². The van der Waals surface area contributed by atoms with Gasteiger partial charge in [0.15, 0.2) is 11.4 Å². The molecule has 0 spiro atoms. The van der Waals surface area contributed by atoms with Crippen LogP contribution in [0, 0.1) is 46.6 Å². The van der Waals surface area contributed by atoms with Crippen molar-refractivity contribution in [3.8, 4) is 0 Å². The SMILES string of the molecule is CCc1oc(N2CC(CC)(CCC3C4CC(N5CCc6cc(NC(=O)c7nc(N8CCCC8)oc7CC(F)(F)F)cc(F)c65)CC34)C2)nc1C(=O)Nc1cc(F)c2c(c1)CCN2C1CC2CC2C1. The van der Waals surface area contributed by atoms with Crippen molar-refractivity contribution in [2.45, 2.75) is 122 Å². The van der Waals surface area contributed by atoms with Gasteiger partial charge in [-0.05, 0) is 142 Å². The number of alkyl halides is 3. The van der Waals surface area contributed by atoms with E-state index in [0.29, 0.717) is 85.1 Å². The molecule has 4 atom stereocenters. The van der Waals surface area contributed by atoms with Crippen LogP contribution in [-0.2, 0) is 25.7 Å². The average Bonchev–Trinajstić information content (AvgIpc) is 3.93. The predicted molar refractivity (Wildman–Crippen MR) is 247 cm³/mol. The van der Waals surface area contributed by atoms with Crippen molar-refractivity contribution in [2.75, 3.05) is 69.5 Å². The Labute approximate surface area is 392 Å². The Bertz CT molecular complexity index is 2630. The van der Waals surface area contributed by atoms with E-state index in [0.717, 1.165) is 107 Å². The van der Waals surface area contributed by atoms with Crippen molar-refractivity contribution in [1.29, 1.82) is 0 Å². The van der Waals surface area contributed by atoms with Crippen LogP contribution in [0.3, 0.4) is 0 Å². The fourth-order valence-corrected chi connectivity index (χ4v) is 13.5. The average molecular weight is 943 g/mol. The molecule has 0 bridgehead atoms. The molecule has 6 heterocycles. The summed E-state index contributed by atoms with van der Waals surface area (Å²) in [6.07, 6.45) is 6.44. The Kier molecular flexibility index (Phi) is 10.6. The van der Waals surface area contributed by atoms with Gasteiger partial charge in [-0.25, -0.2) is 8.78 Å². The van der Waals surface area contributed by atoms with Crippen LogP contribution < -0.4 is 30.2 Å². The zero-order valence-corrected chi connectivity index (χ0v) is 38.7. The van der Waals surface area contributed by atoms with E-state index in [2.05, 4.69) is 37.2 Å². The first-order chi connectivity index (χ1) is 32.7. The number of fused-ring (bicyclic) bond motifs is 4. The smallest absolute Gasteiger partial charge is 0.396 e. The Morgan fingerprint density at radius 1 is 0.721 bits per heavy atom. The first-order valence-electron chi connectivity index (χ1n) is 25.1. The van der Waals surface area contributed by atoms with Crippen molar-refractivity contribution in [1.82, 2.24) is 9.97 Å². The number of carbonyl (C=O) groups is 2. The van der Waals surface area contributed by atoms with E-state index >= 15 is 8.78 Å². The highest BCUT2D eigenvalue weighted by Crippen LogP contribution is 2.62. The summed E-state index contributed by atoms with van der Waals surface area (Å²) in [6.45, 7) is 8.43. The lowest BCUT2D eigenvalue weighted by Crippen LogP contribution is -2.56. The van der Waals surface area contributed by atoms with Crippen LogP contribution in [0.15, 0.2) is 33.1 Å². The second-order valence-corrected chi connectivity index (χ2v) is 21.3. The van der Waals surface area contributed by atoms with E-state index < -0.39 is 41.7 Å². The second-order valence-electron chi connectivity index (χ2n) is 21.3. The standard InChI is InChI=1S/C51H59F5N8O4/c1-3-40-42(46(65)57-31-16-27-8-13-63(44(27)38(52)20-31)33-18-29-15-30(29)19-33)59-49(67-40)62-25-50(4-2,26-62)10-7-35-36-22-34(23-37(35)36)64-14-9-28-17-32(21-39(53)45(28)64)58-47(66)43-41(24-51(54,55)56)68-48(60-43)61-11-5-6-12-61/h16-17,20-21,29-30,33-37H,3-15,18-19,22-26H2,1-2H3,(H,57,65)(H,58,66). The van der Waals surface area contributed by atoms with Gasteiger partial charge in [0.25, 0.3) is 23.8 Å². The summed E-state index contributed by atoms with van der Waals surface area (Å²) in [7, 11) is 0. The van der Waals surface area contributed by atoms with Crippen molar-refractivity contribution in [2.24, 2.45) is 35.0 Å². The van der Waals surface area contributed by atoms with Crippen molar-refractivity contribution < 1.29 is 40.4 Å². The highest BCUT2D eigenvalue weighted by molar-refractivity contribution is 6.04. The molecule has 4 unspecified atom stereocenters. The minimum atomic E-state index is -4.60. The van der Waals surface area contributed by atoms with Crippen LogP contribution in [0.2, 0.25) is 0 Å². The first-order valence-corrected chi connectivity index (χ1v) is 25.1. The Morgan fingerprint density at radius 3 is 1.79 bits per heavy atom. The maximum absolute atomic E-state index is 15.9. The molecule has 8 aliphatic rings. The highest BCUT2D eigenvalue weighted by Gasteiger charge is 2.58. The van der Waals surface area contributed by atoms with Gasteiger partial charge < -0.3 is 39.1 Å². The van der Waals surface area contributed by atoms with E-state index in [1.165, 1.54) is 18.6 Å². The number of oxazole rings is 2. The number of nitrogens with zero attached hydrogens (tertiary/aromatic N) is 6. The van der Waals surface area contributed by atoms with Crippen molar-refractivity contribution in [3.63, 3.8) is 0 Å². The molecule has 2 N–H and O–H groups in total. The zero-order valence-electron chi connectivity index (χ0n) is 38.7.